The first-order valence-corrected chi connectivity index (χ1v) is 6.72. The third kappa shape index (κ3) is 2.96. The van der Waals surface area contributed by atoms with E-state index in [0.29, 0.717) is 17.1 Å². The third-order valence-corrected chi connectivity index (χ3v) is 4.38. The van der Waals surface area contributed by atoms with Gasteiger partial charge >= 0.3 is 0 Å². The van der Waals surface area contributed by atoms with Crippen molar-refractivity contribution >= 4 is 15.5 Å². The maximum atomic E-state index is 11.9. The normalized spacial score (nSPS) is 11.8. The van der Waals surface area contributed by atoms with E-state index < -0.39 is 15.1 Å². The summed E-state index contributed by atoms with van der Waals surface area (Å²) in [6, 6.07) is 6.63. The van der Waals surface area contributed by atoms with Gasteiger partial charge in [0.25, 0.3) is 0 Å². The molecule has 16 heavy (non-hydrogen) atoms. The van der Waals surface area contributed by atoms with Gasteiger partial charge in [-0.1, -0.05) is 6.07 Å². The molecule has 0 saturated carbocycles. The molecule has 1 aromatic carbocycles. The van der Waals surface area contributed by atoms with Gasteiger partial charge < -0.3 is 10.4 Å². The molecule has 0 aromatic heterocycles. The first-order chi connectivity index (χ1) is 7.48. The van der Waals surface area contributed by atoms with E-state index in [1.807, 2.05) is 0 Å². The van der Waals surface area contributed by atoms with Crippen LogP contribution >= 0.6 is 0 Å². The van der Waals surface area contributed by atoms with Crippen LogP contribution in [-0.2, 0) is 9.84 Å². The van der Waals surface area contributed by atoms with Gasteiger partial charge in [0.15, 0.2) is 9.84 Å². The molecule has 90 valence electrons. The van der Waals surface area contributed by atoms with E-state index in [4.69, 9.17) is 5.11 Å². The zero-order chi connectivity index (χ0) is 12.2. The summed E-state index contributed by atoms with van der Waals surface area (Å²) in [5.41, 5.74) is 0.704. The van der Waals surface area contributed by atoms with Gasteiger partial charge in [-0.3, -0.25) is 0 Å². The van der Waals surface area contributed by atoms with Gasteiger partial charge in [-0.15, -0.1) is 0 Å². The summed E-state index contributed by atoms with van der Waals surface area (Å²) in [7, 11) is -3.23. The Labute approximate surface area is 96.2 Å². The summed E-state index contributed by atoms with van der Waals surface area (Å²) in [5, 5.41) is 11.2. The fraction of sp³-hybridized carbons (Fsp3) is 0.455. The minimum atomic E-state index is -3.23. The van der Waals surface area contributed by atoms with Crippen LogP contribution in [-0.4, -0.2) is 31.9 Å². The van der Waals surface area contributed by atoms with E-state index in [1.54, 1.807) is 38.1 Å². The van der Waals surface area contributed by atoms with Gasteiger partial charge in [-0.2, -0.15) is 0 Å². The number of anilines is 1. The predicted molar refractivity (Wildman–Crippen MR) is 64.3 cm³/mol. The van der Waals surface area contributed by atoms with Crippen molar-refractivity contribution in [2.24, 2.45) is 0 Å². The molecule has 0 aliphatic rings. The van der Waals surface area contributed by atoms with Crippen LogP contribution in [0.1, 0.15) is 13.8 Å². The lowest BCUT2D eigenvalue weighted by molar-refractivity contribution is 0.311. The van der Waals surface area contributed by atoms with Crippen LogP contribution in [0.3, 0.4) is 0 Å². The van der Waals surface area contributed by atoms with E-state index >= 15 is 0 Å². The first kappa shape index (κ1) is 13.0. The first-order valence-electron chi connectivity index (χ1n) is 5.17. The standard InChI is InChI=1S/C11H17NO3S/c1-9(2)16(14,15)11-5-3-4-10(8-11)12-6-7-13/h3-5,8-9,12-13H,6-7H2,1-2H3. The summed E-state index contributed by atoms with van der Waals surface area (Å²) in [6.45, 7) is 3.73. The number of benzene rings is 1. The summed E-state index contributed by atoms with van der Waals surface area (Å²) in [6.07, 6.45) is 0. The van der Waals surface area contributed by atoms with Gasteiger partial charge in [-0.05, 0) is 32.0 Å². The van der Waals surface area contributed by atoms with Gasteiger partial charge in [0.2, 0.25) is 0 Å². The van der Waals surface area contributed by atoms with Crippen molar-refractivity contribution in [1.82, 2.24) is 0 Å². The molecule has 0 unspecified atom stereocenters. The fourth-order valence-electron chi connectivity index (χ4n) is 1.26. The maximum Gasteiger partial charge on any atom is 0.180 e. The van der Waals surface area contributed by atoms with Crippen molar-refractivity contribution in [3.8, 4) is 0 Å². The largest absolute Gasteiger partial charge is 0.395 e. The summed E-state index contributed by atoms with van der Waals surface area (Å²) >= 11 is 0. The van der Waals surface area contributed by atoms with Crippen molar-refractivity contribution in [2.45, 2.75) is 24.0 Å². The summed E-state index contributed by atoms with van der Waals surface area (Å²) in [4.78, 5) is 0.311. The SMILES string of the molecule is CC(C)S(=O)(=O)c1cccc(NCCO)c1. The molecule has 0 spiro atoms. The van der Waals surface area contributed by atoms with E-state index in [-0.39, 0.29) is 6.61 Å². The molecule has 5 heteroatoms. The van der Waals surface area contributed by atoms with Crippen LogP contribution in [0.5, 0.6) is 0 Å². The Hall–Kier alpha value is -1.07. The molecule has 1 aromatic rings. The average Bonchev–Trinajstić information content (AvgIpc) is 2.26. The third-order valence-electron chi connectivity index (χ3n) is 2.22. The number of aliphatic hydroxyl groups excluding tert-OH is 1. The minimum Gasteiger partial charge on any atom is -0.395 e. The highest BCUT2D eigenvalue weighted by Gasteiger charge is 2.18. The van der Waals surface area contributed by atoms with E-state index in [9.17, 15) is 8.42 Å². The van der Waals surface area contributed by atoms with Gasteiger partial charge in [0.1, 0.15) is 0 Å². The Bertz CT molecular complexity index is 440. The highest BCUT2D eigenvalue weighted by atomic mass is 32.2. The Morgan fingerprint density at radius 2 is 2.06 bits per heavy atom. The van der Waals surface area contributed by atoms with Crippen molar-refractivity contribution < 1.29 is 13.5 Å². The fourth-order valence-corrected chi connectivity index (χ4v) is 2.36. The lowest BCUT2D eigenvalue weighted by Gasteiger charge is -2.10. The highest BCUT2D eigenvalue weighted by Crippen LogP contribution is 2.19. The number of rotatable bonds is 5. The van der Waals surface area contributed by atoms with Crippen LogP contribution in [0.15, 0.2) is 29.2 Å². The number of hydrogen-bond acceptors (Lipinski definition) is 4. The molecule has 4 nitrogen and oxygen atoms in total. The molecular formula is C11H17NO3S. The number of aliphatic hydroxyl groups is 1. The van der Waals surface area contributed by atoms with E-state index in [0.717, 1.165) is 0 Å². The maximum absolute atomic E-state index is 11.9. The van der Waals surface area contributed by atoms with Crippen LogP contribution in [0.2, 0.25) is 0 Å². The predicted octanol–water partition coefficient (Wildman–Crippen LogP) is 1.27. The van der Waals surface area contributed by atoms with Gasteiger partial charge in [-0.25, -0.2) is 8.42 Å². The Morgan fingerprint density at radius 3 is 2.62 bits per heavy atom. The summed E-state index contributed by atoms with van der Waals surface area (Å²) in [5.74, 6) is 0. The van der Waals surface area contributed by atoms with Crippen molar-refractivity contribution in [2.75, 3.05) is 18.5 Å². The Balaban J connectivity index is 2.99. The molecule has 0 radical (unpaired) electrons. The van der Waals surface area contributed by atoms with E-state index in [1.165, 1.54) is 0 Å². The molecule has 2 N–H and O–H groups in total. The second-order valence-electron chi connectivity index (χ2n) is 3.77. The molecule has 0 fully saturated rings. The molecule has 0 bridgehead atoms. The molecule has 0 amide bonds. The monoisotopic (exact) mass is 243 g/mol. The number of sulfone groups is 1. The molecule has 0 atom stereocenters. The van der Waals surface area contributed by atoms with Crippen molar-refractivity contribution in [3.05, 3.63) is 24.3 Å². The second-order valence-corrected chi connectivity index (χ2v) is 6.28. The van der Waals surface area contributed by atoms with Crippen molar-refractivity contribution in [1.29, 1.82) is 0 Å². The topological polar surface area (TPSA) is 66.4 Å². The molecule has 0 aliphatic heterocycles. The zero-order valence-corrected chi connectivity index (χ0v) is 10.3. The van der Waals surface area contributed by atoms with Crippen LogP contribution < -0.4 is 5.32 Å². The molecule has 1 rings (SSSR count). The highest BCUT2D eigenvalue weighted by molar-refractivity contribution is 7.92. The molecule has 0 saturated heterocycles. The average molecular weight is 243 g/mol. The molecule has 0 heterocycles. The number of nitrogens with one attached hydrogen (secondary N) is 1. The molecular weight excluding hydrogens is 226 g/mol. The van der Waals surface area contributed by atoms with Crippen LogP contribution in [0.25, 0.3) is 0 Å². The Morgan fingerprint density at radius 1 is 1.38 bits per heavy atom. The lowest BCUT2D eigenvalue weighted by Crippen LogP contribution is -2.14. The Kier molecular flexibility index (Phi) is 4.32. The van der Waals surface area contributed by atoms with Crippen LogP contribution in [0.4, 0.5) is 5.69 Å². The van der Waals surface area contributed by atoms with Gasteiger partial charge in [0, 0.05) is 12.2 Å². The van der Waals surface area contributed by atoms with Gasteiger partial charge in [0.05, 0.1) is 16.8 Å². The smallest absolute Gasteiger partial charge is 0.180 e. The van der Waals surface area contributed by atoms with Crippen LogP contribution in [0, 0.1) is 0 Å². The van der Waals surface area contributed by atoms with Crippen molar-refractivity contribution in [3.63, 3.8) is 0 Å². The number of hydrogen-bond donors (Lipinski definition) is 2. The zero-order valence-electron chi connectivity index (χ0n) is 9.47. The summed E-state index contributed by atoms with van der Waals surface area (Å²) < 4.78 is 23.8. The lowest BCUT2D eigenvalue weighted by atomic mass is 10.3. The minimum absolute atomic E-state index is 0.0150. The second kappa shape index (κ2) is 5.32. The quantitative estimate of drug-likeness (QED) is 0.817. The molecule has 0 aliphatic carbocycles. The van der Waals surface area contributed by atoms with E-state index in [2.05, 4.69) is 5.32 Å².